The third-order valence-corrected chi connectivity index (χ3v) is 1.55. The van der Waals surface area contributed by atoms with Crippen molar-refractivity contribution in [2.45, 2.75) is 38.2 Å². The van der Waals surface area contributed by atoms with Crippen molar-refractivity contribution >= 4 is 0 Å². The smallest absolute Gasteiger partial charge is 0.0930 e. The van der Waals surface area contributed by atoms with E-state index in [0.29, 0.717) is 0 Å². The Morgan fingerprint density at radius 3 is 1.86 bits per heavy atom. The average molecular weight is 85.2 g/mol. The van der Waals surface area contributed by atoms with Crippen LogP contribution in [0.4, 0.5) is 0 Å². The molecular formula is C6H11O. The van der Waals surface area contributed by atoms with Crippen LogP contribution >= 0.6 is 0 Å². The molecule has 0 spiro atoms. The van der Waals surface area contributed by atoms with E-state index in [1.807, 2.05) is 0 Å². The molecule has 1 heteroatoms. The van der Waals surface area contributed by atoms with Crippen molar-refractivity contribution in [3.8, 4) is 0 Å². The zero-order valence-electron chi connectivity index (χ0n) is 4.52. The summed E-state index contributed by atoms with van der Waals surface area (Å²) in [7, 11) is 0. The Balaban J connectivity index is 2.12. The van der Waals surface area contributed by atoms with E-state index >= 15 is 0 Å². The number of hydrogen-bond acceptors (Lipinski definition) is 0. The summed E-state index contributed by atoms with van der Waals surface area (Å²) < 4.78 is 0. The van der Waals surface area contributed by atoms with Gasteiger partial charge in [-0.3, -0.25) is 0 Å². The Bertz CT molecular complexity index is 46.1. The van der Waals surface area contributed by atoms with Crippen LogP contribution in [-0.4, -0.2) is 6.10 Å². The van der Waals surface area contributed by atoms with E-state index in [-0.39, 0.29) is 6.10 Å². The highest BCUT2D eigenvalue weighted by molar-refractivity contribution is 4.61. The van der Waals surface area contributed by atoms with Gasteiger partial charge in [0, 0.05) is 0 Å². The number of rotatable bonds is 0. The molecule has 0 aromatic carbocycles. The highest BCUT2D eigenvalue weighted by Gasteiger charge is 2.09. The van der Waals surface area contributed by atoms with Crippen LogP contribution in [0.2, 0.25) is 0 Å². The van der Waals surface area contributed by atoms with E-state index in [4.69, 9.17) is 0 Å². The predicted molar refractivity (Wildman–Crippen MR) is 27.6 cm³/mol. The maximum Gasteiger partial charge on any atom is 0.0930 e. The van der Waals surface area contributed by atoms with Gasteiger partial charge >= 0.3 is 0 Å². The van der Waals surface area contributed by atoms with Crippen LogP contribution in [0.5, 0.6) is 0 Å². The summed E-state index contributed by atoms with van der Waals surface area (Å²) in [6, 6.07) is 0. The second-order valence-corrected chi connectivity index (χ2v) is 2.26. The highest BCUT2D eigenvalue weighted by atomic mass is 14.0. The van der Waals surface area contributed by atoms with E-state index in [0.717, 1.165) is 12.8 Å². The maximum atomic E-state index is 10.5. The zero-order valence-corrected chi connectivity index (χ0v) is 4.52. The fraction of sp³-hybridized carbons (Fsp3) is 1.00. The standard InChI is InChI=1S/C6H11O/c7-6-4-2-1-3-5-6/h6H,1-5H2/i7-14. The van der Waals surface area contributed by atoms with Crippen LogP contribution < -0.4 is 0 Å². The van der Waals surface area contributed by atoms with Crippen molar-refractivity contribution in [2.75, 3.05) is 0 Å². The van der Waals surface area contributed by atoms with Gasteiger partial charge in [0.1, 0.15) is 0 Å². The normalized spacial score (nSPS) is 25.3. The molecule has 1 fully saturated rings. The lowest BCUT2D eigenvalue weighted by Crippen LogP contribution is -2.08. The van der Waals surface area contributed by atoms with Gasteiger partial charge in [0.05, 0.1) is 6.10 Å². The van der Waals surface area contributed by atoms with E-state index in [1.165, 1.54) is 19.3 Å². The third kappa shape index (κ3) is 1.48. The van der Waals surface area contributed by atoms with Crippen molar-refractivity contribution in [3.05, 3.63) is 0 Å². The van der Waals surface area contributed by atoms with Gasteiger partial charge in [0.2, 0.25) is 0 Å². The first-order chi connectivity index (χ1) is 3.39. The Morgan fingerprint density at radius 1 is 1.00 bits per heavy atom. The Hall–Kier alpha value is -0.0400. The summed E-state index contributed by atoms with van der Waals surface area (Å²) in [5.74, 6) is 0. The Morgan fingerprint density at radius 2 is 1.57 bits per heavy atom. The van der Waals surface area contributed by atoms with Gasteiger partial charge in [-0.05, 0) is 12.8 Å². The minimum absolute atomic E-state index is 0.214. The van der Waals surface area contributed by atoms with E-state index in [1.54, 1.807) is 0 Å². The van der Waals surface area contributed by atoms with Crippen molar-refractivity contribution in [1.82, 2.24) is 0 Å². The monoisotopic (exact) mass is 85.1 g/mol. The molecular weight excluding hydrogens is 74.1 g/mol. The first-order valence-corrected chi connectivity index (χ1v) is 3.05. The van der Waals surface area contributed by atoms with Crippen LogP contribution in [0, 0.1) is 0 Å². The molecule has 0 aromatic rings. The fourth-order valence-electron chi connectivity index (χ4n) is 1.07. The molecule has 1 nitrogen and oxygen atoms in total. The number of hydrogen-bond donors (Lipinski definition) is 0. The third-order valence-electron chi connectivity index (χ3n) is 1.55. The van der Waals surface area contributed by atoms with Gasteiger partial charge in [-0.25, -0.2) is 5.11 Å². The predicted octanol–water partition coefficient (Wildman–Crippen LogP) is 1.75. The van der Waals surface area contributed by atoms with Crippen LogP contribution in [0.25, 0.3) is 0 Å². The average Bonchev–Trinajstić information content (AvgIpc) is 1.69. The van der Waals surface area contributed by atoms with E-state index < -0.39 is 0 Å². The van der Waals surface area contributed by atoms with Gasteiger partial charge < -0.3 is 0 Å². The van der Waals surface area contributed by atoms with Gasteiger partial charge in [0.25, 0.3) is 0 Å². The summed E-state index contributed by atoms with van der Waals surface area (Å²) in [4.78, 5) is 0. The van der Waals surface area contributed by atoms with Crippen LogP contribution in [0.1, 0.15) is 32.1 Å². The Labute approximate surface area is 44.4 Å². The molecule has 1 aliphatic carbocycles. The lowest BCUT2D eigenvalue weighted by molar-refractivity contribution is 0.0564. The van der Waals surface area contributed by atoms with E-state index in [2.05, 4.69) is 0 Å². The Kier molecular flexibility index (Phi) is 1.69. The summed E-state index contributed by atoms with van der Waals surface area (Å²) in [6.45, 7) is 0. The van der Waals surface area contributed by atoms with Crippen LogP contribution in [0.15, 0.2) is 0 Å². The van der Waals surface area contributed by atoms with Gasteiger partial charge in [-0.2, -0.15) is 0 Å². The molecule has 41 valence electrons. The van der Waals surface area contributed by atoms with Gasteiger partial charge in [0.15, 0.2) is 0 Å². The SMILES string of the molecule is [2O]C1CCCCC1. The molecule has 7 heavy (non-hydrogen) atoms. The quantitative estimate of drug-likeness (QED) is 0.427. The van der Waals surface area contributed by atoms with Crippen LogP contribution in [0.3, 0.4) is 0 Å². The highest BCUT2D eigenvalue weighted by Crippen LogP contribution is 2.16. The molecule has 0 atom stereocenters. The van der Waals surface area contributed by atoms with Crippen molar-refractivity contribution in [3.63, 3.8) is 0 Å². The maximum absolute atomic E-state index is 10.5. The lowest BCUT2D eigenvalue weighted by Gasteiger charge is -2.12. The minimum atomic E-state index is -0.214. The molecule has 1 aliphatic rings. The molecule has 0 bridgehead atoms. The molecule has 0 aliphatic heterocycles. The summed E-state index contributed by atoms with van der Waals surface area (Å²) in [5, 5.41) is 10.5. The second-order valence-electron chi connectivity index (χ2n) is 2.26. The second kappa shape index (κ2) is 2.31. The van der Waals surface area contributed by atoms with Crippen molar-refractivity contribution < 1.29 is 5.11 Å². The van der Waals surface area contributed by atoms with E-state index in [9.17, 15) is 5.11 Å². The summed E-state index contributed by atoms with van der Waals surface area (Å²) in [6.07, 6.45) is 5.29. The molecule has 0 amide bonds. The van der Waals surface area contributed by atoms with Crippen molar-refractivity contribution in [1.29, 1.82) is 0 Å². The summed E-state index contributed by atoms with van der Waals surface area (Å²) >= 11 is 0. The summed E-state index contributed by atoms with van der Waals surface area (Å²) in [5.41, 5.74) is 0. The largest absolute Gasteiger partial charge is 0.233 e. The van der Waals surface area contributed by atoms with Crippen molar-refractivity contribution in [2.24, 2.45) is 0 Å². The molecule has 1 rings (SSSR count). The fourth-order valence-corrected chi connectivity index (χ4v) is 1.07. The molecule has 0 heterocycles. The molecule has 0 N–H and O–H groups in total. The molecule has 0 saturated heterocycles. The lowest BCUT2D eigenvalue weighted by atomic mass is 1.90. The zero-order chi connectivity index (χ0) is 5.11. The molecule has 0 unspecified atom stereocenters. The minimum Gasteiger partial charge on any atom is -0.233 e. The molecule has 0 aromatic heterocycles. The van der Waals surface area contributed by atoms with Gasteiger partial charge in [-0.15, -0.1) is 0 Å². The van der Waals surface area contributed by atoms with Gasteiger partial charge in [-0.1, -0.05) is 19.3 Å². The topological polar surface area (TPSA) is 19.9 Å². The first kappa shape index (κ1) is 5.10. The molecule has 1 radical (unpaired) electrons. The van der Waals surface area contributed by atoms with Crippen LogP contribution in [-0.2, 0) is 5.11 Å². The first-order valence-electron chi connectivity index (χ1n) is 3.05. The molecule has 1 saturated carbocycles.